The van der Waals surface area contributed by atoms with E-state index in [-0.39, 0.29) is 15.8 Å². The highest BCUT2D eigenvalue weighted by Gasteiger charge is 2.27. The van der Waals surface area contributed by atoms with E-state index in [4.69, 9.17) is 16.6 Å². The molecule has 0 amide bonds. The number of hydrogen-bond donors (Lipinski definition) is 0. The molecule has 1 aliphatic heterocycles. The van der Waals surface area contributed by atoms with Gasteiger partial charge in [0.05, 0.1) is 11.6 Å². The van der Waals surface area contributed by atoms with Crippen LogP contribution in [0.1, 0.15) is 38.3 Å². The molecule has 2 aromatic heterocycles. The maximum Gasteiger partial charge on any atom is 0.288 e. The van der Waals surface area contributed by atoms with E-state index >= 15 is 0 Å². The van der Waals surface area contributed by atoms with Crippen LogP contribution in [0, 0.1) is 4.84 Å². The topological polar surface area (TPSA) is 84.5 Å². The number of nitrogens with zero attached hydrogens (tertiary/aromatic N) is 5. The molecule has 4 rings (SSSR count). The Bertz CT molecular complexity index is 1220. The van der Waals surface area contributed by atoms with Crippen molar-refractivity contribution < 1.29 is 12.8 Å². The Hall–Kier alpha value is -2.40. The molecule has 8 nitrogen and oxygen atoms in total. The quantitative estimate of drug-likeness (QED) is 0.456. The molecule has 1 saturated heterocycles. The molecule has 1 aliphatic rings. The van der Waals surface area contributed by atoms with Crippen LogP contribution in [-0.2, 0) is 16.7 Å². The highest BCUT2D eigenvalue weighted by molar-refractivity contribution is 7.89. The highest BCUT2D eigenvalue weighted by Crippen LogP contribution is 2.32. The van der Waals surface area contributed by atoms with Gasteiger partial charge in [-0.05, 0) is 54.9 Å². The minimum Gasteiger partial charge on any atom is -0.409 e. The van der Waals surface area contributed by atoms with Crippen molar-refractivity contribution in [3.63, 3.8) is 0 Å². The zero-order valence-corrected chi connectivity index (χ0v) is 19.8. The first-order valence-electron chi connectivity index (χ1n) is 10.8. The Morgan fingerprint density at radius 1 is 1.22 bits per heavy atom. The van der Waals surface area contributed by atoms with Crippen LogP contribution in [0.4, 0.5) is 0 Å². The molecule has 32 heavy (non-hydrogen) atoms. The van der Waals surface area contributed by atoms with Gasteiger partial charge in [-0.15, -0.1) is 5.10 Å². The van der Waals surface area contributed by atoms with E-state index in [1.54, 1.807) is 35.1 Å². The lowest BCUT2D eigenvalue weighted by atomic mass is 10.1. The molecule has 170 valence electrons. The fraction of sp³-hybridized carbons (Fsp3) is 0.409. The van der Waals surface area contributed by atoms with Crippen LogP contribution in [0.3, 0.4) is 0 Å². The summed E-state index contributed by atoms with van der Waals surface area (Å²) in [4.78, 5) is 7.02. The Labute approximate surface area is 193 Å². The summed E-state index contributed by atoms with van der Waals surface area (Å²) in [6.45, 7) is 5.89. The zero-order chi connectivity index (χ0) is 22.7. The lowest BCUT2D eigenvalue weighted by molar-refractivity contribution is 0.187. The van der Waals surface area contributed by atoms with E-state index in [2.05, 4.69) is 21.0 Å². The van der Waals surface area contributed by atoms with Crippen LogP contribution < -0.4 is 0 Å². The van der Waals surface area contributed by atoms with Crippen molar-refractivity contribution in [1.29, 1.82) is 0 Å². The van der Waals surface area contributed by atoms with E-state index in [0.29, 0.717) is 31.2 Å². The summed E-state index contributed by atoms with van der Waals surface area (Å²) >= 11 is 5.42. The van der Waals surface area contributed by atoms with Crippen molar-refractivity contribution >= 4 is 22.2 Å². The molecule has 10 heteroatoms. The van der Waals surface area contributed by atoms with E-state index in [9.17, 15) is 8.42 Å². The Kier molecular flexibility index (Phi) is 6.85. The van der Waals surface area contributed by atoms with Crippen molar-refractivity contribution in [3.05, 3.63) is 59.2 Å². The number of likely N-dealkylation sites (tertiary alicyclic amines) is 1. The molecule has 0 aliphatic carbocycles. The van der Waals surface area contributed by atoms with E-state index in [0.717, 1.165) is 19.4 Å². The molecule has 0 spiro atoms. The van der Waals surface area contributed by atoms with Gasteiger partial charge in [-0.2, -0.15) is 4.31 Å². The summed E-state index contributed by atoms with van der Waals surface area (Å²) in [6, 6.07) is 10.9. The number of sulfonamides is 1. The van der Waals surface area contributed by atoms with Crippen LogP contribution >= 0.6 is 12.2 Å². The van der Waals surface area contributed by atoms with Gasteiger partial charge in [0.15, 0.2) is 0 Å². The second-order valence-electron chi connectivity index (χ2n) is 7.69. The van der Waals surface area contributed by atoms with Gasteiger partial charge in [-0.25, -0.2) is 13.1 Å². The van der Waals surface area contributed by atoms with Gasteiger partial charge in [0, 0.05) is 43.6 Å². The maximum atomic E-state index is 12.9. The predicted molar refractivity (Wildman–Crippen MR) is 124 cm³/mol. The monoisotopic (exact) mass is 473 g/mol. The smallest absolute Gasteiger partial charge is 0.288 e. The highest BCUT2D eigenvalue weighted by atomic mass is 32.2. The molecule has 1 fully saturated rings. The van der Waals surface area contributed by atoms with Gasteiger partial charge in [0.25, 0.3) is 4.84 Å². The first kappa shape index (κ1) is 22.8. The van der Waals surface area contributed by atoms with Crippen molar-refractivity contribution in [2.45, 2.75) is 44.3 Å². The summed E-state index contributed by atoms with van der Waals surface area (Å²) in [6.07, 6.45) is 5.81. The molecule has 0 bridgehead atoms. The number of pyridine rings is 1. The van der Waals surface area contributed by atoms with Gasteiger partial charge in [0.2, 0.25) is 15.9 Å². The molecule has 1 atom stereocenters. The third-order valence-electron chi connectivity index (χ3n) is 5.78. The van der Waals surface area contributed by atoms with Gasteiger partial charge in [0.1, 0.15) is 0 Å². The van der Waals surface area contributed by atoms with Gasteiger partial charge in [-0.1, -0.05) is 26.0 Å². The van der Waals surface area contributed by atoms with Crippen molar-refractivity contribution in [3.8, 4) is 11.5 Å². The fourth-order valence-electron chi connectivity index (χ4n) is 4.13. The second kappa shape index (κ2) is 9.62. The Morgan fingerprint density at radius 3 is 2.75 bits per heavy atom. The first-order chi connectivity index (χ1) is 15.4. The van der Waals surface area contributed by atoms with Crippen LogP contribution in [-0.4, -0.2) is 52.0 Å². The molecular weight excluding hydrogens is 446 g/mol. The van der Waals surface area contributed by atoms with E-state index in [1.165, 1.54) is 9.87 Å². The van der Waals surface area contributed by atoms with Crippen LogP contribution in [0.15, 0.2) is 58.1 Å². The molecule has 1 unspecified atom stereocenters. The number of rotatable bonds is 8. The van der Waals surface area contributed by atoms with Crippen LogP contribution in [0.5, 0.6) is 0 Å². The maximum absolute atomic E-state index is 12.9. The fourth-order valence-corrected chi connectivity index (χ4v) is 5.81. The van der Waals surface area contributed by atoms with Crippen LogP contribution in [0.2, 0.25) is 0 Å². The van der Waals surface area contributed by atoms with Gasteiger partial charge in [-0.3, -0.25) is 9.88 Å². The van der Waals surface area contributed by atoms with Crippen molar-refractivity contribution in [2.75, 3.05) is 19.6 Å². The molecular formula is C22H27N5O3S2. The summed E-state index contributed by atoms with van der Waals surface area (Å²) in [5.74, 6) is 0.309. The second-order valence-corrected chi connectivity index (χ2v) is 9.98. The molecule has 0 saturated carbocycles. The predicted octanol–water partition coefficient (Wildman–Crippen LogP) is 4.09. The largest absolute Gasteiger partial charge is 0.409 e. The van der Waals surface area contributed by atoms with Crippen molar-refractivity contribution in [1.82, 2.24) is 24.0 Å². The number of hydrogen-bond acceptors (Lipinski definition) is 7. The minimum absolute atomic E-state index is 0.213. The third-order valence-corrected chi connectivity index (χ3v) is 8.12. The molecule has 1 aromatic carbocycles. The number of aromatic nitrogens is 3. The minimum atomic E-state index is -3.57. The summed E-state index contributed by atoms with van der Waals surface area (Å²) in [5, 5.41) is 4.56. The number of benzene rings is 1. The zero-order valence-electron chi connectivity index (χ0n) is 18.2. The molecule has 0 radical (unpaired) electrons. The van der Waals surface area contributed by atoms with Gasteiger partial charge >= 0.3 is 0 Å². The summed E-state index contributed by atoms with van der Waals surface area (Å²) < 4.78 is 34.6. The summed E-state index contributed by atoms with van der Waals surface area (Å²) in [7, 11) is -3.57. The summed E-state index contributed by atoms with van der Waals surface area (Å²) in [5.41, 5.74) is 1.75. The molecule has 0 N–H and O–H groups in total. The Morgan fingerprint density at radius 2 is 2.03 bits per heavy atom. The third kappa shape index (κ3) is 4.54. The normalized spacial score (nSPS) is 17.3. The average molecular weight is 474 g/mol. The first-order valence-corrected chi connectivity index (χ1v) is 12.6. The van der Waals surface area contributed by atoms with E-state index in [1.807, 2.05) is 26.1 Å². The standard InChI is InChI=1S/C22H27N5O3S2/c1-3-26(4-2)32(28,29)19-10-5-8-17(14-19)21-24-27(22(31)30-21)16-25-13-7-11-20(25)18-9-6-12-23-15-18/h5-6,8-10,12,14-15,20H,3-4,7,11,13,16H2,1-2H3. The Balaban J connectivity index is 1.59. The molecule has 3 aromatic rings. The lowest BCUT2D eigenvalue weighted by Gasteiger charge is -2.23. The van der Waals surface area contributed by atoms with Crippen LogP contribution in [0.25, 0.3) is 11.5 Å². The lowest BCUT2D eigenvalue weighted by Crippen LogP contribution is -2.30. The molecule has 3 heterocycles. The SMILES string of the molecule is CCN(CC)S(=O)(=O)c1cccc(-c2nn(CN3CCCC3c3cccnc3)c(=S)o2)c1. The van der Waals surface area contributed by atoms with E-state index < -0.39 is 10.0 Å². The average Bonchev–Trinajstić information content (AvgIpc) is 3.42. The van der Waals surface area contributed by atoms with Gasteiger partial charge < -0.3 is 4.42 Å². The van der Waals surface area contributed by atoms with Crippen molar-refractivity contribution in [2.24, 2.45) is 0 Å².